The fraction of sp³-hybridized carbons (Fsp3) is 0.154. The lowest BCUT2D eigenvalue weighted by molar-refractivity contribution is 0.112. The van der Waals surface area contributed by atoms with E-state index >= 15 is 0 Å². The second-order valence-electron chi connectivity index (χ2n) is 3.11. The van der Waals surface area contributed by atoms with Gasteiger partial charge in [0.25, 0.3) is 0 Å². The smallest absolute Gasteiger partial charge is 0.150 e. The first-order chi connectivity index (χ1) is 7.17. The predicted octanol–water partition coefficient (Wildman–Crippen LogP) is 2.44. The molecule has 0 bridgehead atoms. The molecule has 0 amide bonds. The number of aldehydes is 1. The molecule has 0 aliphatic rings. The van der Waals surface area contributed by atoms with Gasteiger partial charge in [-0.15, -0.1) is 0 Å². The van der Waals surface area contributed by atoms with Crippen LogP contribution >= 0.6 is 0 Å². The van der Waals surface area contributed by atoms with Crippen LogP contribution in [0.15, 0.2) is 30.4 Å². The Kier molecular flexibility index (Phi) is 3.70. The average molecular weight is 200 g/mol. The minimum absolute atomic E-state index is 0.585. The SMILES string of the molecule is C=C(C)C#Cc1cc(C=O)ccc1OC. The minimum atomic E-state index is 0.585. The number of hydrogen-bond donors (Lipinski definition) is 0. The van der Waals surface area contributed by atoms with Gasteiger partial charge in [-0.25, -0.2) is 0 Å². The first-order valence-electron chi connectivity index (χ1n) is 4.48. The summed E-state index contributed by atoms with van der Waals surface area (Å²) >= 11 is 0. The Morgan fingerprint density at radius 1 is 1.53 bits per heavy atom. The molecular formula is C13H12O2. The molecule has 0 heterocycles. The Bertz CT molecular complexity index is 447. The Hall–Kier alpha value is -2.01. The van der Waals surface area contributed by atoms with Crippen molar-refractivity contribution in [2.45, 2.75) is 6.92 Å². The summed E-state index contributed by atoms with van der Waals surface area (Å²) in [5, 5.41) is 0. The van der Waals surface area contributed by atoms with Crippen LogP contribution in [-0.2, 0) is 0 Å². The Morgan fingerprint density at radius 3 is 2.80 bits per heavy atom. The van der Waals surface area contributed by atoms with Gasteiger partial charge in [0.05, 0.1) is 12.7 Å². The number of rotatable bonds is 2. The van der Waals surface area contributed by atoms with Gasteiger partial charge in [0.1, 0.15) is 12.0 Å². The maximum Gasteiger partial charge on any atom is 0.150 e. The summed E-state index contributed by atoms with van der Waals surface area (Å²) in [4.78, 5) is 10.6. The minimum Gasteiger partial charge on any atom is -0.495 e. The zero-order valence-corrected chi connectivity index (χ0v) is 8.83. The number of ether oxygens (including phenoxy) is 1. The zero-order chi connectivity index (χ0) is 11.3. The van der Waals surface area contributed by atoms with Crippen LogP contribution in [0.5, 0.6) is 5.75 Å². The van der Waals surface area contributed by atoms with Crippen molar-refractivity contribution in [3.8, 4) is 17.6 Å². The quantitative estimate of drug-likeness (QED) is 0.541. The molecule has 15 heavy (non-hydrogen) atoms. The van der Waals surface area contributed by atoms with E-state index in [1.807, 2.05) is 6.92 Å². The molecule has 76 valence electrons. The van der Waals surface area contributed by atoms with Gasteiger partial charge in [-0.1, -0.05) is 18.4 Å². The van der Waals surface area contributed by atoms with Crippen molar-refractivity contribution in [1.29, 1.82) is 0 Å². The normalized spacial score (nSPS) is 8.67. The summed E-state index contributed by atoms with van der Waals surface area (Å²) in [5.41, 5.74) is 2.06. The number of carbonyl (C=O) groups excluding carboxylic acids is 1. The molecule has 0 saturated carbocycles. The third-order valence-electron chi connectivity index (χ3n) is 1.77. The molecule has 2 nitrogen and oxygen atoms in total. The monoisotopic (exact) mass is 200 g/mol. The summed E-state index contributed by atoms with van der Waals surface area (Å²) in [6.07, 6.45) is 0.783. The number of hydrogen-bond acceptors (Lipinski definition) is 2. The van der Waals surface area contributed by atoms with Crippen LogP contribution in [0, 0.1) is 11.8 Å². The highest BCUT2D eigenvalue weighted by Crippen LogP contribution is 2.18. The first-order valence-corrected chi connectivity index (χ1v) is 4.48. The molecule has 0 aliphatic heterocycles. The maximum atomic E-state index is 10.6. The molecule has 0 aromatic heterocycles. The van der Waals surface area contributed by atoms with E-state index in [0.29, 0.717) is 16.9 Å². The standard InChI is InChI=1S/C13H12O2/c1-10(2)4-6-12-8-11(9-14)5-7-13(12)15-3/h5,7-9H,1H2,2-3H3. The molecule has 0 aliphatic carbocycles. The van der Waals surface area contributed by atoms with E-state index < -0.39 is 0 Å². The van der Waals surface area contributed by atoms with Gasteiger partial charge in [-0.2, -0.15) is 0 Å². The number of methoxy groups -OCH3 is 1. The highest BCUT2D eigenvalue weighted by Gasteiger charge is 2.00. The van der Waals surface area contributed by atoms with Crippen molar-refractivity contribution in [2.75, 3.05) is 7.11 Å². The number of benzene rings is 1. The topological polar surface area (TPSA) is 26.3 Å². The Morgan fingerprint density at radius 2 is 2.27 bits per heavy atom. The van der Waals surface area contributed by atoms with Crippen LogP contribution in [0.2, 0.25) is 0 Å². The van der Waals surface area contributed by atoms with Gasteiger partial charge >= 0.3 is 0 Å². The largest absolute Gasteiger partial charge is 0.495 e. The third-order valence-corrected chi connectivity index (χ3v) is 1.77. The molecule has 0 spiro atoms. The van der Waals surface area contributed by atoms with Crippen LogP contribution in [0.4, 0.5) is 0 Å². The van der Waals surface area contributed by atoms with Gasteiger partial charge in [-0.3, -0.25) is 4.79 Å². The highest BCUT2D eigenvalue weighted by molar-refractivity contribution is 5.76. The summed E-state index contributed by atoms with van der Waals surface area (Å²) in [7, 11) is 1.57. The van der Waals surface area contributed by atoms with Crippen LogP contribution in [-0.4, -0.2) is 13.4 Å². The van der Waals surface area contributed by atoms with E-state index in [2.05, 4.69) is 18.4 Å². The van der Waals surface area contributed by atoms with Crippen molar-refractivity contribution in [2.24, 2.45) is 0 Å². The van der Waals surface area contributed by atoms with E-state index in [9.17, 15) is 4.79 Å². The number of allylic oxidation sites excluding steroid dienone is 1. The maximum absolute atomic E-state index is 10.6. The lowest BCUT2D eigenvalue weighted by Crippen LogP contribution is -1.90. The molecular weight excluding hydrogens is 188 g/mol. The predicted molar refractivity (Wildman–Crippen MR) is 60.1 cm³/mol. The van der Waals surface area contributed by atoms with Crippen molar-refractivity contribution >= 4 is 6.29 Å². The third kappa shape index (κ3) is 2.99. The molecule has 0 radical (unpaired) electrons. The Balaban J connectivity index is 3.19. The van der Waals surface area contributed by atoms with Crippen molar-refractivity contribution in [1.82, 2.24) is 0 Å². The van der Waals surface area contributed by atoms with Crippen molar-refractivity contribution in [3.05, 3.63) is 41.5 Å². The fourth-order valence-electron chi connectivity index (χ4n) is 1.07. The molecule has 0 N–H and O–H groups in total. The second kappa shape index (κ2) is 5.02. The van der Waals surface area contributed by atoms with E-state index in [1.54, 1.807) is 25.3 Å². The molecule has 1 rings (SSSR count). The lowest BCUT2D eigenvalue weighted by atomic mass is 10.1. The van der Waals surface area contributed by atoms with E-state index in [0.717, 1.165) is 11.9 Å². The van der Waals surface area contributed by atoms with Crippen LogP contribution in [0.25, 0.3) is 0 Å². The van der Waals surface area contributed by atoms with Crippen LogP contribution < -0.4 is 4.74 Å². The van der Waals surface area contributed by atoms with Crippen molar-refractivity contribution in [3.63, 3.8) is 0 Å². The summed E-state index contributed by atoms with van der Waals surface area (Å²) in [6, 6.07) is 5.12. The van der Waals surface area contributed by atoms with E-state index in [1.165, 1.54) is 0 Å². The lowest BCUT2D eigenvalue weighted by Gasteiger charge is -2.02. The summed E-state index contributed by atoms with van der Waals surface area (Å²) < 4.78 is 5.13. The fourth-order valence-corrected chi connectivity index (χ4v) is 1.07. The van der Waals surface area contributed by atoms with Crippen molar-refractivity contribution < 1.29 is 9.53 Å². The van der Waals surface area contributed by atoms with Crippen LogP contribution in [0.1, 0.15) is 22.8 Å². The second-order valence-corrected chi connectivity index (χ2v) is 3.11. The van der Waals surface area contributed by atoms with Gasteiger partial charge in [0.15, 0.2) is 0 Å². The molecule has 2 heteroatoms. The molecule has 0 unspecified atom stereocenters. The van der Waals surface area contributed by atoms with E-state index in [-0.39, 0.29) is 0 Å². The van der Waals surface area contributed by atoms with E-state index in [4.69, 9.17) is 4.74 Å². The summed E-state index contributed by atoms with van der Waals surface area (Å²) in [6.45, 7) is 5.51. The highest BCUT2D eigenvalue weighted by atomic mass is 16.5. The van der Waals surface area contributed by atoms with Gasteiger partial charge in [0, 0.05) is 5.56 Å². The Labute approximate surface area is 89.6 Å². The molecule has 0 saturated heterocycles. The van der Waals surface area contributed by atoms with Gasteiger partial charge in [-0.05, 0) is 30.7 Å². The zero-order valence-electron chi connectivity index (χ0n) is 8.83. The molecule has 0 atom stereocenters. The summed E-state index contributed by atoms with van der Waals surface area (Å²) in [5.74, 6) is 6.41. The number of carbonyl (C=O) groups is 1. The molecule has 1 aromatic carbocycles. The first kappa shape index (κ1) is 11.1. The van der Waals surface area contributed by atoms with Gasteiger partial charge in [0.2, 0.25) is 0 Å². The van der Waals surface area contributed by atoms with Crippen LogP contribution in [0.3, 0.4) is 0 Å². The average Bonchev–Trinajstić information content (AvgIpc) is 2.25. The van der Waals surface area contributed by atoms with Gasteiger partial charge < -0.3 is 4.74 Å². The molecule has 0 fully saturated rings. The molecule has 1 aromatic rings.